The molecule has 1 saturated carbocycles. The molecular weight excluding hydrogens is 448 g/mol. The van der Waals surface area contributed by atoms with E-state index in [2.05, 4.69) is 62.2 Å². The average Bonchev–Trinajstić information content (AvgIpc) is 3.60. The van der Waals surface area contributed by atoms with Gasteiger partial charge in [-0.3, -0.25) is 19.7 Å². The Balaban J connectivity index is 1.20. The van der Waals surface area contributed by atoms with Crippen LogP contribution >= 0.6 is 0 Å². The van der Waals surface area contributed by atoms with Gasteiger partial charge >= 0.3 is 0 Å². The summed E-state index contributed by atoms with van der Waals surface area (Å²) in [6.45, 7) is 2.91. The van der Waals surface area contributed by atoms with Crippen LogP contribution in [-0.4, -0.2) is 50.8 Å². The molecule has 0 N–H and O–H groups in total. The van der Waals surface area contributed by atoms with E-state index >= 15 is 0 Å². The van der Waals surface area contributed by atoms with Crippen molar-refractivity contribution in [3.8, 4) is 0 Å². The maximum absolute atomic E-state index is 13.6. The lowest BCUT2D eigenvalue weighted by Gasteiger charge is -2.41. The first kappa shape index (κ1) is 22.9. The summed E-state index contributed by atoms with van der Waals surface area (Å²) in [5.74, 6) is 0.947. The number of carbonyl (C=O) groups excluding carboxylic acids is 1. The molecule has 6 rings (SSSR count). The number of hydrogen-bond acceptors (Lipinski definition) is 5. The monoisotopic (exact) mass is 480 g/mol. The van der Waals surface area contributed by atoms with E-state index in [1.807, 2.05) is 6.07 Å². The van der Waals surface area contributed by atoms with Crippen molar-refractivity contribution < 1.29 is 9.21 Å². The zero-order valence-electron chi connectivity index (χ0n) is 20.5. The van der Waals surface area contributed by atoms with Crippen LogP contribution in [0.25, 0.3) is 11.0 Å². The van der Waals surface area contributed by atoms with Crippen molar-refractivity contribution >= 4 is 16.9 Å². The van der Waals surface area contributed by atoms with Gasteiger partial charge in [-0.1, -0.05) is 42.5 Å². The van der Waals surface area contributed by atoms with Gasteiger partial charge in [-0.05, 0) is 80.4 Å². The molecule has 6 heteroatoms. The zero-order chi connectivity index (χ0) is 24.3. The van der Waals surface area contributed by atoms with E-state index in [4.69, 9.17) is 4.42 Å². The molecule has 0 spiro atoms. The molecule has 1 atom stereocenters. The Morgan fingerprint density at radius 3 is 2.50 bits per heavy atom. The molecule has 2 fully saturated rings. The molecule has 2 aromatic carbocycles. The molecule has 1 aliphatic carbocycles. The standard InChI is InChI=1S/C30H32N4O2/c35-30(28-10-5-19-36-28)34(25-11-12-25)27(20-22-6-2-1-3-7-22)23-13-17-33(18-14-23)21-24-8-4-9-26-29(24)32-16-15-31-26/h1-10,15-16,19,23,25,27H,11-14,17-18,20-21H2/t27-/m1/s1. The van der Waals surface area contributed by atoms with E-state index in [9.17, 15) is 4.79 Å². The minimum Gasteiger partial charge on any atom is -0.459 e. The predicted octanol–water partition coefficient (Wildman–Crippen LogP) is 5.35. The summed E-state index contributed by atoms with van der Waals surface area (Å²) < 4.78 is 5.55. The number of aromatic nitrogens is 2. The van der Waals surface area contributed by atoms with Crippen LogP contribution in [0.2, 0.25) is 0 Å². The van der Waals surface area contributed by atoms with Crippen LogP contribution in [0, 0.1) is 5.92 Å². The lowest BCUT2D eigenvalue weighted by molar-refractivity contribution is 0.0454. The van der Waals surface area contributed by atoms with Gasteiger partial charge in [0.15, 0.2) is 5.76 Å². The highest BCUT2D eigenvalue weighted by molar-refractivity contribution is 5.92. The third-order valence-electron chi connectivity index (χ3n) is 7.70. The van der Waals surface area contributed by atoms with Crippen LogP contribution in [0.15, 0.2) is 83.7 Å². The van der Waals surface area contributed by atoms with Crippen molar-refractivity contribution in [1.82, 2.24) is 19.8 Å². The number of fused-ring (bicyclic) bond motifs is 1. The average molecular weight is 481 g/mol. The number of carbonyl (C=O) groups is 1. The smallest absolute Gasteiger partial charge is 0.290 e. The topological polar surface area (TPSA) is 62.5 Å². The first-order chi connectivity index (χ1) is 17.8. The zero-order valence-corrected chi connectivity index (χ0v) is 20.5. The Bertz CT molecular complexity index is 1290. The number of piperidine rings is 1. The molecule has 2 aliphatic rings. The molecule has 2 aromatic heterocycles. The minimum absolute atomic E-state index is 0.0418. The van der Waals surface area contributed by atoms with Crippen molar-refractivity contribution in [1.29, 1.82) is 0 Å². The molecule has 3 heterocycles. The molecular formula is C30H32N4O2. The Hall–Kier alpha value is -3.51. The Kier molecular flexibility index (Phi) is 6.51. The lowest BCUT2D eigenvalue weighted by Crippen LogP contribution is -2.50. The summed E-state index contributed by atoms with van der Waals surface area (Å²) in [4.78, 5) is 27.3. The molecule has 0 unspecified atom stereocenters. The fourth-order valence-corrected chi connectivity index (χ4v) is 5.73. The molecule has 1 aliphatic heterocycles. The molecule has 1 amide bonds. The number of amides is 1. The van der Waals surface area contributed by atoms with Crippen molar-refractivity contribution in [2.24, 2.45) is 5.92 Å². The van der Waals surface area contributed by atoms with Gasteiger partial charge in [-0.2, -0.15) is 0 Å². The Morgan fingerprint density at radius 2 is 1.75 bits per heavy atom. The van der Waals surface area contributed by atoms with E-state index in [1.54, 1.807) is 30.8 Å². The van der Waals surface area contributed by atoms with Gasteiger partial charge in [-0.25, -0.2) is 0 Å². The van der Waals surface area contributed by atoms with E-state index in [-0.39, 0.29) is 11.9 Å². The number of para-hydroxylation sites is 1. The molecule has 1 saturated heterocycles. The maximum atomic E-state index is 13.6. The first-order valence-corrected chi connectivity index (χ1v) is 13.1. The quantitative estimate of drug-likeness (QED) is 0.340. The van der Waals surface area contributed by atoms with Gasteiger partial charge in [0, 0.05) is 31.0 Å². The van der Waals surface area contributed by atoms with Gasteiger partial charge in [0.05, 0.1) is 17.3 Å². The highest BCUT2D eigenvalue weighted by Crippen LogP contribution is 2.36. The number of nitrogens with zero attached hydrogens (tertiary/aromatic N) is 4. The SMILES string of the molecule is O=C(c1ccco1)N(C1CC1)[C@H](Cc1ccccc1)C1CCN(Cc2cccc3nccnc23)CC1. The second kappa shape index (κ2) is 10.2. The van der Waals surface area contributed by atoms with Crippen molar-refractivity contribution in [3.05, 3.63) is 96.2 Å². The van der Waals surface area contributed by atoms with Crippen LogP contribution < -0.4 is 0 Å². The van der Waals surface area contributed by atoms with E-state index in [0.717, 1.165) is 62.8 Å². The fraction of sp³-hybridized carbons (Fsp3) is 0.367. The highest BCUT2D eigenvalue weighted by atomic mass is 16.3. The number of rotatable bonds is 8. The second-order valence-corrected chi connectivity index (χ2v) is 10.1. The predicted molar refractivity (Wildman–Crippen MR) is 139 cm³/mol. The number of benzene rings is 2. The number of hydrogen-bond donors (Lipinski definition) is 0. The Labute approximate surface area is 212 Å². The van der Waals surface area contributed by atoms with E-state index in [1.165, 1.54) is 11.1 Å². The first-order valence-electron chi connectivity index (χ1n) is 13.1. The van der Waals surface area contributed by atoms with Gasteiger partial charge < -0.3 is 9.32 Å². The summed E-state index contributed by atoms with van der Waals surface area (Å²) in [6, 6.07) is 21.0. The van der Waals surface area contributed by atoms with Crippen molar-refractivity contribution in [2.45, 2.75) is 50.7 Å². The van der Waals surface area contributed by atoms with Crippen molar-refractivity contribution in [3.63, 3.8) is 0 Å². The van der Waals surface area contributed by atoms with Gasteiger partial charge in [0.1, 0.15) is 0 Å². The molecule has 0 radical (unpaired) electrons. The summed E-state index contributed by atoms with van der Waals surface area (Å²) >= 11 is 0. The molecule has 4 aromatic rings. The number of furan rings is 1. The molecule has 6 nitrogen and oxygen atoms in total. The summed E-state index contributed by atoms with van der Waals surface area (Å²) in [5.41, 5.74) is 4.46. The van der Waals surface area contributed by atoms with Crippen molar-refractivity contribution in [2.75, 3.05) is 13.1 Å². The second-order valence-electron chi connectivity index (χ2n) is 10.1. The van der Waals surface area contributed by atoms with E-state index < -0.39 is 0 Å². The maximum Gasteiger partial charge on any atom is 0.290 e. The third-order valence-corrected chi connectivity index (χ3v) is 7.70. The third kappa shape index (κ3) is 4.91. The van der Waals surface area contributed by atoms with Gasteiger partial charge in [0.25, 0.3) is 5.91 Å². The highest BCUT2D eigenvalue weighted by Gasteiger charge is 2.42. The summed E-state index contributed by atoms with van der Waals surface area (Å²) in [6.07, 6.45) is 10.3. The molecule has 36 heavy (non-hydrogen) atoms. The van der Waals surface area contributed by atoms with Gasteiger partial charge in [-0.15, -0.1) is 0 Å². The normalized spacial score (nSPS) is 17.8. The molecule has 0 bridgehead atoms. The van der Waals surface area contributed by atoms with Crippen LogP contribution in [0.1, 0.15) is 47.4 Å². The minimum atomic E-state index is 0.0418. The van der Waals surface area contributed by atoms with Crippen LogP contribution in [0.5, 0.6) is 0 Å². The van der Waals surface area contributed by atoms with Crippen LogP contribution in [0.3, 0.4) is 0 Å². The molecule has 184 valence electrons. The van der Waals surface area contributed by atoms with Crippen LogP contribution in [0.4, 0.5) is 0 Å². The number of likely N-dealkylation sites (tertiary alicyclic amines) is 1. The fourth-order valence-electron chi connectivity index (χ4n) is 5.73. The lowest BCUT2D eigenvalue weighted by atomic mass is 9.84. The largest absolute Gasteiger partial charge is 0.459 e. The van der Waals surface area contributed by atoms with Crippen LogP contribution in [-0.2, 0) is 13.0 Å². The summed E-state index contributed by atoms with van der Waals surface area (Å²) in [5, 5.41) is 0. The summed E-state index contributed by atoms with van der Waals surface area (Å²) in [7, 11) is 0. The van der Waals surface area contributed by atoms with Gasteiger partial charge in [0.2, 0.25) is 0 Å². The Morgan fingerprint density at radius 1 is 0.944 bits per heavy atom. The van der Waals surface area contributed by atoms with E-state index in [0.29, 0.717) is 17.7 Å².